The Bertz CT molecular complexity index is 634. The molecule has 0 aliphatic carbocycles. The van der Waals surface area contributed by atoms with Crippen molar-refractivity contribution < 1.29 is 4.79 Å². The van der Waals surface area contributed by atoms with Crippen LogP contribution in [0.2, 0.25) is 0 Å². The van der Waals surface area contributed by atoms with Crippen molar-refractivity contribution in [2.75, 3.05) is 5.32 Å². The zero-order chi connectivity index (χ0) is 13.4. The summed E-state index contributed by atoms with van der Waals surface area (Å²) in [4.78, 5) is 12.1. The van der Waals surface area contributed by atoms with Gasteiger partial charge in [0, 0.05) is 10.2 Å². The lowest BCUT2D eigenvalue weighted by atomic mass is 9.92. The molecular weight excluding hydrogens is 302 g/mol. The Hall–Kier alpha value is -1.61. The molecule has 3 rings (SSSR count). The van der Waals surface area contributed by atoms with E-state index in [2.05, 4.69) is 46.4 Å². The number of hydrogen-bond acceptors (Lipinski definition) is 1. The summed E-state index contributed by atoms with van der Waals surface area (Å²) in [6, 6.07) is 14.3. The number of anilines is 1. The Kier molecular flexibility index (Phi) is 3.15. The zero-order valence-electron chi connectivity index (χ0n) is 10.6. The third-order valence-corrected chi connectivity index (χ3v) is 4.04. The highest BCUT2D eigenvalue weighted by Crippen LogP contribution is 2.35. The molecule has 2 aromatic carbocycles. The van der Waals surface area contributed by atoms with Crippen molar-refractivity contribution in [2.45, 2.75) is 19.3 Å². The zero-order valence-corrected chi connectivity index (χ0v) is 12.2. The molecule has 0 unspecified atom stereocenters. The van der Waals surface area contributed by atoms with Crippen molar-refractivity contribution in [3.05, 3.63) is 63.6 Å². The second kappa shape index (κ2) is 4.82. The van der Waals surface area contributed by atoms with Crippen LogP contribution in [-0.2, 0) is 11.2 Å². The molecule has 0 fully saturated rings. The average molecular weight is 316 g/mol. The van der Waals surface area contributed by atoms with Crippen molar-refractivity contribution in [1.29, 1.82) is 0 Å². The lowest BCUT2D eigenvalue weighted by molar-refractivity contribution is -0.117. The van der Waals surface area contributed by atoms with E-state index in [0.717, 1.165) is 22.1 Å². The van der Waals surface area contributed by atoms with Gasteiger partial charge in [-0.1, -0.05) is 45.8 Å². The van der Waals surface area contributed by atoms with Crippen LogP contribution in [-0.4, -0.2) is 5.91 Å². The van der Waals surface area contributed by atoms with E-state index in [0.29, 0.717) is 0 Å². The molecule has 1 N–H and O–H groups in total. The molecular formula is C16H14BrNO. The summed E-state index contributed by atoms with van der Waals surface area (Å²) in [5.41, 5.74) is 4.44. The second-order valence-corrected chi connectivity index (χ2v) is 5.88. The number of amides is 1. The first kappa shape index (κ1) is 12.4. The number of nitrogens with one attached hydrogen (secondary N) is 1. The molecule has 3 heteroatoms. The predicted molar refractivity (Wildman–Crippen MR) is 80.4 cm³/mol. The minimum absolute atomic E-state index is 0.0731. The summed E-state index contributed by atoms with van der Waals surface area (Å²) in [6.45, 7) is 2.06. The fraction of sp³-hybridized carbons (Fsp3) is 0.188. The van der Waals surface area contributed by atoms with E-state index in [4.69, 9.17) is 0 Å². The summed E-state index contributed by atoms with van der Waals surface area (Å²) in [7, 11) is 0. The summed E-state index contributed by atoms with van der Waals surface area (Å²) in [5.74, 6) is 0.0274. The first-order chi connectivity index (χ1) is 9.13. The van der Waals surface area contributed by atoms with Gasteiger partial charge in [-0.25, -0.2) is 0 Å². The van der Waals surface area contributed by atoms with E-state index < -0.39 is 0 Å². The van der Waals surface area contributed by atoms with E-state index in [-0.39, 0.29) is 11.8 Å². The largest absolute Gasteiger partial charge is 0.325 e. The quantitative estimate of drug-likeness (QED) is 0.890. The van der Waals surface area contributed by atoms with E-state index in [9.17, 15) is 4.79 Å². The first-order valence-electron chi connectivity index (χ1n) is 6.29. The topological polar surface area (TPSA) is 29.1 Å². The monoisotopic (exact) mass is 315 g/mol. The smallest absolute Gasteiger partial charge is 0.232 e. The van der Waals surface area contributed by atoms with Gasteiger partial charge in [-0.2, -0.15) is 0 Å². The van der Waals surface area contributed by atoms with Crippen molar-refractivity contribution in [3.8, 4) is 0 Å². The van der Waals surface area contributed by atoms with Crippen LogP contribution in [0.5, 0.6) is 0 Å². The van der Waals surface area contributed by atoms with Gasteiger partial charge in [0.05, 0.1) is 5.92 Å². The van der Waals surface area contributed by atoms with Crippen LogP contribution >= 0.6 is 15.9 Å². The lowest BCUT2D eigenvalue weighted by Crippen LogP contribution is -2.14. The van der Waals surface area contributed by atoms with Gasteiger partial charge in [-0.3, -0.25) is 4.79 Å². The van der Waals surface area contributed by atoms with Crippen molar-refractivity contribution in [3.63, 3.8) is 0 Å². The maximum Gasteiger partial charge on any atom is 0.232 e. The molecule has 0 saturated carbocycles. The van der Waals surface area contributed by atoms with Crippen LogP contribution in [0.4, 0.5) is 5.69 Å². The van der Waals surface area contributed by atoms with Crippen LogP contribution < -0.4 is 5.32 Å². The van der Waals surface area contributed by atoms with Crippen molar-refractivity contribution in [2.24, 2.45) is 0 Å². The summed E-state index contributed by atoms with van der Waals surface area (Å²) < 4.78 is 1.06. The van der Waals surface area contributed by atoms with Gasteiger partial charge < -0.3 is 5.32 Å². The number of carbonyl (C=O) groups excluding carboxylic acids is 1. The SMILES string of the molecule is Cc1ccc2c(c1)[C@@H](Cc1ccc(Br)cc1)C(=O)N2. The van der Waals surface area contributed by atoms with E-state index in [1.54, 1.807) is 0 Å². The van der Waals surface area contributed by atoms with Crippen molar-refractivity contribution in [1.82, 2.24) is 0 Å². The van der Waals surface area contributed by atoms with Crippen LogP contribution in [0.1, 0.15) is 22.6 Å². The molecule has 1 aliphatic rings. The van der Waals surface area contributed by atoms with E-state index in [1.165, 1.54) is 11.1 Å². The molecule has 96 valence electrons. The van der Waals surface area contributed by atoms with Crippen LogP contribution in [0.25, 0.3) is 0 Å². The number of benzene rings is 2. The molecule has 2 nitrogen and oxygen atoms in total. The minimum atomic E-state index is -0.0731. The Morgan fingerprint density at radius 3 is 2.63 bits per heavy atom. The van der Waals surface area contributed by atoms with Crippen LogP contribution in [0, 0.1) is 6.92 Å². The van der Waals surface area contributed by atoms with Crippen molar-refractivity contribution >= 4 is 27.5 Å². The highest BCUT2D eigenvalue weighted by molar-refractivity contribution is 9.10. The van der Waals surface area contributed by atoms with E-state index >= 15 is 0 Å². The molecule has 0 spiro atoms. The maximum atomic E-state index is 12.1. The number of rotatable bonds is 2. The molecule has 0 radical (unpaired) electrons. The number of carbonyl (C=O) groups is 1. The van der Waals surface area contributed by atoms with Gasteiger partial charge in [-0.05, 0) is 42.7 Å². The highest BCUT2D eigenvalue weighted by Gasteiger charge is 2.30. The fourth-order valence-electron chi connectivity index (χ4n) is 2.50. The molecule has 0 saturated heterocycles. The number of halogens is 1. The molecule has 0 bridgehead atoms. The molecule has 1 heterocycles. The molecule has 19 heavy (non-hydrogen) atoms. The minimum Gasteiger partial charge on any atom is -0.325 e. The summed E-state index contributed by atoms with van der Waals surface area (Å²) >= 11 is 3.43. The van der Waals surface area contributed by atoms with E-state index in [1.807, 2.05) is 24.3 Å². The number of aryl methyl sites for hydroxylation is 1. The van der Waals surface area contributed by atoms with Gasteiger partial charge in [0.1, 0.15) is 0 Å². The Balaban J connectivity index is 1.91. The first-order valence-corrected chi connectivity index (χ1v) is 7.08. The summed E-state index contributed by atoms with van der Waals surface area (Å²) in [6.07, 6.45) is 0.746. The number of fused-ring (bicyclic) bond motifs is 1. The maximum absolute atomic E-state index is 12.1. The van der Waals surface area contributed by atoms with Gasteiger partial charge in [0.15, 0.2) is 0 Å². The molecule has 1 aliphatic heterocycles. The lowest BCUT2D eigenvalue weighted by Gasteiger charge is -2.09. The Morgan fingerprint density at radius 1 is 1.16 bits per heavy atom. The second-order valence-electron chi connectivity index (χ2n) is 4.96. The normalized spacial score (nSPS) is 17.2. The van der Waals surface area contributed by atoms with Gasteiger partial charge in [-0.15, -0.1) is 0 Å². The third-order valence-electron chi connectivity index (χ3n) is 3.51. The number of hydrogen-bond donors (Lipinski definition) is 1. The Morgan fingerprint density at radius 2 is 1.89 bits per heavy atom. The molecule has 1 amide bonds. The molecule has 1 atom stereocenters. The van der Waals surface area contributed by atoms with Gasteiger partial charge in [0.25, 0.3) is 0 Å². The van der Waals surface area contributed by atoms with Crippen LogP contribution in [0.3, 0.4) is 0 Å². The molecule has 0 aromatic heterocycles. The van der Waals surface area contributed by atoms with Crippen LogP contribution in [0.15, 0.2) is 46.9 Å². The standard InChI is InChI=1S/C16H14BrNO/c1-10-2-7-15-13(8-10)14(16(19)18-15)9-11-3-5-12(17)6-4-11/h2-8,14H,9H2,1H3,(H,18,19)/t14-/m1/s1. The Labute approximate surface area is 121 Å². The van der Waals surface area contributed by atoms with Gasteiger partial charge >= 0.3 is 0 Å². The summed E-state index contributed by atoms with van der Waals surface area (Å²) in [5, 5.41) is 2.96. The predicted octanol–water partition coefficient (Wildman–Crippen LogP) is 4.04. The average Bonchev–Trinajstić information content (AvgIpc) is 2.69. The van der Waals surface area contributed by atoms with Gasteiger partial charge in [0.2, 0.25) is 5.91 Å². The highest BCUT2D eigenvalue weighted by atomic mass is 79.9. The fourth-order valence-corrected chi connectivity index (χ4v) is 2.77. The molecule has 2 aromatic rings. The third kappa shape index (κ3) is 2.43.